The number of ether oxygens (including phenoxy) is 4. The van der Waals surface area contributed by atoms with Crippen LogP contribution in [0, 0.1) is 0 Å². The van der Waals surface area contributed by atoms with Crippen LogP contribution in [-0.4, -0.2) is 89.8 Å². The van der Waals surface area contributed by atoms with Gasteiger partial charge in [0, 0.05) is 32.6 Å². The lowest BCUT2D eigenvalue weighted by Crippen LogP contribution is -2.37. The number of nitrogens with zero attached hydrogens (tertiary/aromatic N) is 1. The number of hydrogen-bond donors (Lipinski definition) is 1. The van der Waals surface area contributed by atoms with Crippen LogP contribution in [0.15, 0.2) is 30.3 Å². The molecule has 1 amide bonds. The van der Waals surface area contributed by atoms with Crippen molar-refractivity contribution in [1.82, 2.24) is 10.2 Å². The van der Waals surface area contributed by atoms with Crippen molar-refractivity contribution in [3.63, 3.8) is 0 Å². The molecule has 0 aliphatic carbocycles. The van der Waals surface area contributed by atoms with Gasteiger partial charge in [0.05, 0.1) is 52.9 Å². The van der Waals surface area contributed by atoms with Gasteiger partial charge in [-0.25, -0.2) is 0 Å². The molecule has 7 heteroatoms. The van der Waals surface area contributed by atoms with Crippen LogP contribution in [0.1, 0.15) is 12.0 Å². The molecule has 0 unspecified atom stereocenters. The quantitative estimate of drug-likeness (QED) is 0.829. The Hall–Kier alpha value is -1.51. The maximum absolute atomic E-state index is 12.7. The Morgan fingerprint density at radius 3 is 1.89 bits per heavy atom. The second kappa shape index (κ2) is 15.4. The Bertz CT molecular complexity index is 497. The van der Waals surface area contributed by atoms with E-state index in [4.69, 9.17) is 18.9 Å². The van der Waals surface area contributed by atoms with Crippen LogP contribution in [0.3, 0.4) is 0 Å². The van der Waals surface area contributed by atoms with E-state index >= 15 is 0 Å². The molecular formula is C21H34N2O5. The van der Waals surface area contributed by atoms with Gasteiger partial charge in [-0.3, -0.25) is 4.79 Å². The zero-order valence-electron chi connectivity index (χ0n) is 16.8. The van der Waals surface area contributed by atoms with E-state index in [1.165, 1.54) is 5.56 Å². The molecule has 0 aromatic heterocycles. The van der Waals surface area contributed by atoms with Crippen molar-refractivity contribution in [2.75, 3.05) is 79.0 Å². The van der Waals surface area contributed by atoms with Gasteiger partial charge >= 0.3 is 0 Å². The zero-order chi connectivity index (χ0) is 19.7. The summed E-state index contributed by atoms with van der Waals surface area (Å²) in [5.41, 5.74) is 1.17. The average Bonchev–Trinajstić information content (AvgIpc) is 2.72. The van der Waals surface area contributed by atoms with Gasteiger partial charge in [0.25, 0.3) is 0 Å². The first-order valence-electron chi connectivity index (χ1n) is 10.2. The maximum Gasteiger partial charge on any atom is 0.223 e. The summed E-state index contributed by atoms with van der Waals surface area (Å²) in [6.45, 7) is 7.21. The largest absolute Gasteiger partial charge is 0.378 e. The molecule has 1 aliphatic rings. The van der Waals surface area contributed by atoms with Gasteiger partial charge in [0.15, 0.2) is 0 Å². The fourth-order valence-electron chi connectivity index (χ4n) is 2.82. The molecule has 1 N–H and O–H groups in total. The first-order chi connectivity index (χ1) is 13.9. The van der Waals surface area contributed by atoms with Crippen molar-refractivity contribution in [2.45, 2.75) is 12.8 Å². The highest BCUT2D eigenvalue weighted by atomic mass is 16.5. The van der Waals surface area contributed by atoms with Crippen molar-refractivity contribution >= 4 is 5.91 Å². The number of hydrogen-bond acceptors (Lipinski definition) is 6. The molecule has 1 heterocycles. The van der Waals surface area contributed by atoms with Gasteiger partial charge in [0.2, 0.25) is 5.91 Å². The van der Waals surface area contributed by atoms with Crippen molar-refractivity contribution < 1.29 is 23.7 Å². The van der Waals surface area contributed by atoms with Gasteiger partial charge in [-0.1, -0.05) is 30.3 Å². The van der Waals surface area contributed by atoms with E-state index in [0.717, 1.165) is 19.5 Å². The molecule has 1 saturated heterocycles. The fraction of sp³-hybridized carbons (Fsp3) is 0.667. The molecule has 158 valence electrons. The first-order valence-corrected chi connectivity index (χ1v) is 10.2. The molecule has 0 saturated carbocycles. The highest BCUT2D eigenvalue weighted by Crippen LogP contribution is 2.05. The van der Waals surface area contributed by atoms with Crippen LogP contribution in [0.2, 0.25) is 0 Å². The number of amides is 1. The van der Waals surface area contributed by atoms with E-state index in [-0.39, 0.29) is 5.91 Å². The maximum atomic E-state index is 12.7. The lowest BCUT2D eigenvalue weighted by Gasteiger charge is -2.23. The van der Waals surface area contributed by atoms with E-state index in [0.29, 0.717) is 72.4 Å². The van der Waals surface area contributed by atoms with Crippen molar-refractivity contribution in [1.29, 1.82) is 0 Å². The van der Waals surface area contributed by atoms with Gasteiger partial charge in [-0.05, 0) is 12.0 Å². The third-order valence-electron chi connectivity index (χ3n) is 4.42. The Morgan fingerprint density at radius 2 is 1.32 bits per heavy atom. The number of nitrogens with one attached hydrogen (secondary N) is 1. The van der Waals surface area contributed by atoms with E-state index in [1.807, 2.05) is 35.2 Å². The minimum Gasteiger partial charge on any atom is -0.378 e. The predicted molar refractivity (Wildman–Crippen MR) is 107 cm³/mol. The molecule has 0 radical (unpaired) electrons. The lowest BCUT2D eigenvalue weighted by molar-refractivity contribution is -0.133. The molecular weight excluding hydrogens is 360 g/mol. The smallest absolute Gasteiger partial charge is 0.223 e. The Balaban J connectivity index is 1.75. The molecule has 7 nitrogen and oxygen atoms in total. The third kappa shape index (κ3) is 10.7. The monoisotopic (exact) mass is 394 g/mol. The summed E-state index contributed by atoms with van der Waals surface area (Å²) in [7, 11) is 0. The predicted octanol–water partition coefficient (Wildman–Crippen LogP) is 1.12. The van der Waals surface area contributed by atoms with E-state index < -0.39 is 0 Å². The van der Waals surface area contributed by atoms with Crippen LogP contribution in [0.25, 0.3) is 0 Å². The van der Waals surface area contributed by atoms with Crippen LogP contribution >= 0.6 is 0 Å². The number of carbonyl (C=O) groups is 1. The van der Waals surface area contributed by atoms with Gasteiger partial charge in [-0.15, -0.1) is 0 Å². The number of aryl methyl sites for hydroxylation is 1. The van der Waals surface area contributed by atoms with E-state index in [1.54, 1.807) is 0 Å². The van der Waals surface area contributed by atoms with E-state index in [2.05, 4.69) is 5.32 Å². The summed E-state index contributed by atoms with van der Waals surface area (Å²) < 4.78 is 22.3. The molecule has 0 bridgehead atoms. The second-order valence-electron chi connectivity index (χ2n) is 6.57. The highest BCUT2D eigenvalue weighted by Gasteiger charge is 2.13. The minimum absolute atomic E-state index is 0.129. The summed E-state index contributed by atoms with van der Waals surface area (Å²) in [5, 5.41) is 3.26. The topological polar surface area (TPSA) is 69.3 Å². The summed E-state index contributed by atoms with van der Waals surface area (Å²) in [5.74, 6) is 0.129. The Labute approximate surface area is 168 Å². The number of benzene rings is 1. The molecule has 0 spiro atoms. The summed E-state index contributed by atoms with van der Waals surface area (Å²) in [4.78, 5) is 14.5. The van der Waals surface area contributed by atoms with Crippen molar-refractivity contribution in [3.05, 3.63) is 35.9 Å². The number of rotatable bonds is 3. The normalized spacial score (nSPS) is 19.5. The minimum atomic E-state index is 0.129. The zero-order valence-corrected chi connectivity index (χ0v) is 16.8. The molecule has 2 rings (SSSR count). The molecule has 1 aromatic rings. The summed E-state index contributed by atoms with van der Waals surface area (Å²) in [6, 6.07) is 10.1. The first kappa shape index (κ1) is 22.8. The highest BCUT2D eigenvalue weighted by molar-refractivity contribution is 5.76. The van der Waals surface area contributed by atoms with Gasteiger partial charge in [0.1, 0.15) is 0 Å². The molecule has 1 fully saturated rings. The second-order valence-corrected chi connectivity index (χ2v) is 6.57. The average molecular weight is 395 g/mol. The van der Waals surface area contributed by atoms with E-state index in [9.17, 15) is 4.79 Å². The summed E-state index contributed by atoms with van der Waals surface area (Å²) in [6.07, 6.45) is 1.23. The standard InChI is InChI=1S/C21H34N2O5/c24-21(7-6-20-4-2-1-3-5-20)23-10-14-27-18-16-25-12-8-22-9-13-26-17-19-28-15-11-23/h1-5,22H,6-19H2. The Morgan fingerprint density at radius 1 is 0.786 bits per heavy atom. The van der Waals surface area contributed by atoms with Crippen LogP contribution in [0.5, 0.6) is 0 Å². The molecule has 1 aliphatic heterocycles. The molecule has 1 aromatic carbocycles. The summed E-state index contributed by atoms with van der Waals surface area (Å²) >= 11 is 0. The SMILES string of the molecule is O=C(CCc1ccccc1)N1CCOCCOCCNCCOCCOCC1. The van der Waals surface area contributed by atoms with Crippen LogP contribution in [-0.2, 0) is 30.2 Å². The molecule has 0 atom stereocenters. The molecule has 28 heavy (non-hydrogen) atoms. The number of carbonyl (C=O) groups excluding carboxylic acids is 1. The van der Waals surface area contributed by atoms with Gasteiger partial charge < -0.3 is 29.2 Å². The van der Waals surface area contributed by atoms with Crippen LogP contribution in [0.4, 0.5) is 0 Å². The lowest BCUT2D eigenvalue weighted by atomic mass is 10.1. The van der Waals surface area contributed by atoms with Gasteiger partial charge in [-0.2, -0.15) is 0 Å². The Kier molecular flexibility index (Phi) is 12.5. The van der Waals surface area contributed by atoms with Crippen molar-refractivity contribution in [2.24, 2.45) is 0 Å². The van der Waals surface area contributed by atoms with Crippen LogP contribution < -0.4 is 5.32 Å². The fourth-order valence-corrected chi connectivity index (χ4v) is 2.82. The van der Waals surface area contributed by atoms with Crippen molar-refractivity contribution in [3.8, 4) is 0 Å². The third-order valence-corrected chi connectivity index (χ3v) is 4.42.